The summed E-state index contributed by atoms with van der Waals surface area (Å²) in [5.74, 6) is 1.13. The van der Waals surface area contributed by atoms with Crippen LogP contribution in [0.15, 0.2) is 0 Å². The maximum absolute atomic E-state index is 12.5. The van der Waals surface area contributed by atoms with Crippen molar-refractivity contribution in [3.8, 4) is 0 Å². The monoisotopic (exact) mass is 330 g/mol. The van der Waals surface area contributed by atoms with Crippen LogP contribution < -0.4 is 5.32 Å². The number of urea groups is 1. The zero-order valence-electron chi connectivity index (χ0n) is 13.9. The number of nitrogens with zero attached hydrogens (tertiary/aromatic N) is 1. The van der Waals surface area contributed by atoms with Crippen LogP contribution in [0.25, 0.3) is 0 Å². The molecule has 2 amide bonds. The topological polar surface area (TPSA) is 58.6 Å². The van der Waals surface area contributed by atoms with Gasteiger partial charge < -0.3 is 15.0 Å². The third kappa shape index (κ3) is 4.69. The Balaban J connectivity index is 1.84. The Hall–Kier alpha value is -0.620. The Kier molecular flexibility index (Phi) is 7.15. The summed E-state index contributed by atoms with van der Waals surface area (Å²) >= 11 is 0. The highest BCUT2D eigenvalue weighted by Gasteiger charge is 2.33. The summed E-state index contributed by atoms with van der Waals surface area (Å²) in [6.07, 6.45) is 5.19. The van der Waals surface area contributed by atoms with Crippen molar-refractivity contribution in [2.75, 3.05) is 32.1 Å². The summed E-state index contributed by atoms with van der Waals surface area (Å²) in [5.41, 5.74) is 0. The van der Waals surface area contributed by atoms with Crippen LogP contribution in [0.3, 0.4) is 0 Å². The fourth-order valence-electron chi connectivity index (χ4n) is 3.48. The standard InChI is InChI=1S/C16H30N2O3S/c1-3-21-12-13-9-10-18(11-13)16(19)17-14-7-5-6-8-15(14)22(20)4-2/h13-15H,3-12H2,1-2H3,(H,17,19)/t13-,14-,15+,22+/m1/s1. The average molecular weight is 330 g/mol. The number of hydrogen-bond donors (Lipinski definition) is 1. The molecule has 4 atom stereocenters. The largest absolute Gasteiger partial charge is 0.381 e. The summed E-state index contributed by atoms with van der Waals surface area (Å²) in [4.78, 5) is 14.4. The SMILES string of the molecule is CCOC[C@@H]1CCN(C(=O)N[C@@H]2CCCC[C@@H]2[S@@](=O)CC)C1. The lowest BCUT2D eigenvalue weighted by Crippen LogP contribution is -2.51. The third-order valence-electron chi connectivity index (χ3n) is 4.76. The van der Waals surface area contributed by atoms with E-state index in [4.69, 9.17) is 4.74 Å². The second-order valence-corrected chi connectivity index (χ2v) is 8.25. The first kappa shape index (κ1) is 17.7. The molecule has 2 aliphatic rings. The molecule has 1 aliphatic heterocycles. The van der Waals surface area contributed by atoms with E-state index in [1.165, 1.54) is 0 Å². The molecule has 6 heteroatoms. The number of hydrogen-bond acceptors (Lipinski definition) is 3. The zero-order chi connectivity index (χ0) is 15.9. The molecule has 2 fully saturated rings. The molecule has 0 radical (unpaired) electrons. The number of nitrogens with one attached hydrogen (secondary N) is 1. The van der Waals surface area contributed by atoms with Gasteiger partial charge >= 0.3 is 6.03 Å². The first-order chi connectivity index (χ1) is 10.7. The van der Waals surface area contributed by atoms with Crippen LogP contribution in [0.5, 0.6) is 0 Å². The highest BCUT2D eigenvalue weighted by molar-refractivity contribution is 7.85. The maximum Gasteiger partial charge on any atom is 0.317 e. The van der Waals surface area contributed by atoms with Gasteiger partial charge in [-0.3, -0.25) is 4.21 Å². The lowest BCUT2D eigenvalue weighted by Gasteiger charge is -2.32. The molecule has 1 N–H and O–H groups in total. The Morgan fingerprint density at radius 2 is 2.05 bits per heavy atom. The van der Waals surface area contributed by atoms with Crippen LogP contribution in [-0.2, 0) is 15.5 Å². The molecule has 0 bridgehead atoms. The summed E-state index contributed by atoms with van der Waals surface area (Å²) in [7, 11) is -0.826. The van der Waals surface area contributed by atoms with Crippen LogP contribution in [0.1, 0.15) is 46.0 Å². The molecule has 1 heterocycles. The molecule has 0 aromatic carbocycles. The van der Waals surface area contributed by atoms with Gasteiger partial charge in [-0.1, -0.05) is 19.8 Å². The molecule has 5 nitrogen and oxygen atoms in total. The first-order valence-corrected chi connectivity index (χ1v) is 10.0. The van der Waals surface area contributed by atoms with Gasteiger partial charge in [0.15, 0.2) is 0 Å². The number of carbonyl (C=O) groups excluding carboxylic acids is 1. The van der Waals surface area contributed by atoms with E-state index in [1.807, 2.05) is 18.7 Å². The van der Waals surface area contributed by atoms with Gasteiger partial charge in [-0.15, -0.1) is 0 Å². The van der Waals surface area contributed by atoms with Crippen molar-refractivity contribution in [2.24, 2.45) is 5.92 Å². The molecule has 1 aliphatic carbocycles. The van der Waals surface area contributed by atoms with Crippen molar-refractivity contribution in [3.05, 3.63) is 0 Å². The van der Waals surface area contributed by atoms with E-state index in [-0.39, 0.29) is 17.3 Å². The Morgan fingerprint density at radius 3 is 2.77 bits per heavy atom. The minimum absolute atomic E-state index is 0.0176. The molecule has 0 unspecified atom stereocenters. The van der Waals surface area contributed by atoms with Gasteiger partial charge in [0.2, 0.25) is 0 Å². The molecular formula is C16H30N2O3S. The van der Waals surface area contributed by atoms with Crippen molar-refractivity contribution < 1.29 is 13.7 Å². The Morgan fingerprint density at radius 1 is 1.27 bits per heavy atom. The maximum atomic E-state index is 12.5. The Labute approximate surface area is 136 Å². The van der Waals surface area contributed by atoms with Gasteiger partial charge in [0, 0.05) is 48.2 Å². The smallest absolute Gasteiger partial charge is 0.317 e. The van der Waals surface area contributed by atoms with Gasteiger partial charge in [-0.05, 0) is 26.2 Å². The van der Waals surface area contributed by atoms with E-state index in [0.29, 0.717) is 11.7 Å². The van der Waals surface area contributed by atoms with Gasteiger partial charge in [0.25, 0.3) is 0 Å². The molecule has 2 rings (SSSR count). The van der Waals surface area contributed by atoms with E-state index >= 15 is 0 Å². The second-order valence-electron chi connectivity index (χ2n) is 6.31. The number of carbonyl (C=O) groups is 1. The van der Waals surface area contributed by atoms with Crippen LogP contribution in [0, 0.1) is 5.92 Å². The summed E-state index contributed by atoms with van der Waals surface area (Å²) < 4.78 is 17.6. The van der Waals surface area contributed by atoms with Crippen LogP contribution in [0.2, 0.25) is 0 Å². The molecule has 1 saturated carbocycles. The normalized spacial score (nSPS) is 30.3. The second kappa shape index (κ2) is 8.87. The molecule has 0 aromatic rings. The van der Waals surface area contributed by atoms with Gasteiger partial charge in [0.1, 0.15) is 0 Å². The van der Waals surface area contributed by atoms with Gasteiger partial charge in [-0.2, -0.15) is 0 Å². The zero-order valence-corrected chi connectivity index (χ0v) is 14.7. The van der Waals surface area contributed by atoms with E-state index in [9.17, 15) is 9.00 Å². The van der Waals surface area contributed by atoms with Crippen molar-refractivity contribution in [1.29, 1.82) is 0 Å². The summed E-state index contributed by atoms with van der Waals surface area (Å²) in [5, 5.41) is 3.29. The quantitative estimate of drug-likeness (QED) is 0.812. The average Bonchev–Trinajstić information content (AvgIpc) is 3.01. The number of likely N-dealkylation sites (tertiary alicyclic amines) is 1. The minimum atomic E-state index is -0.826. The predicted molar refractivity (Wildman–Crippen MR) is 89.4 cm³/mol. The van der Waals surface area contributed by atoms with Crippen LogP contribution >= 0.6 is 0 Å². The van der Waals surface area contributed by atoms with Crippen LogP contribution in [-0.4, -0.2) is 58.5 Å². The molecule has 0 spiro atoms. The summed E-state index contributed by atoms with van der Waals surface area (Å²) in [6.45, 7) is 7.01. The fourth-order valence-corrected chi connectivity index (χ4v) is 4.91. The Bertz CT molecular complexity index is 392. The van der Waals surface area contributed by atoms with E-state index < -0.39 is 10.8 Å². The number of rotatable bonds is 6. The lowest BCUT2D eigenvalue weighted by molar-refractivity contribution is 0.113. The van der Waals surface area contributed by atoms with Crippen LogP contribution in [0.4, 0.5) is 4.79 Å². The minimum Gasteiger partial charge on any atom is -0.381 e. The van der Waals surface area contributed by atoms with Crippen molar-refractivity contribution in [2.45, 2.75) is 57.2 Å². The van der Waals surface area contributed by atoms with E-state index in [2.05, 4.69) is 5.32 Å². The van der Waals surface area contributed by atoms with E-state index in [1.54, 1.807) is 0 Å². The molecule has 128 valence electrons. The van der Waals surface area contributed by atoms with Crippen molar-refractivity contribution >= 4 is 16.8 Å². The third-order valence-corrected chi connectivity index (χ3v) is 6.57. The van der Waals surface area contributed by atoms with Crippen molar-refractivity contribution in [3.63, 3.8) is 0 Å². The molecular weight excluding hydrogens is 300 g/mol. The van der Waals surface area contributed by atoms with Gasteiger partial charge in [-0.25, -0.2) is 4.79 Å². The first-order valence-electron chi connectivity index (χ1n) is 8.66. The number of amides is 2. The van der Waals surface area contributed by atoms with E-state index in [0.717, 1.165) is 58.4 Å². The predicted octanol–water partition coefficient (Wildman–Crippen LogP) is 2.13. The molecule has 0 aromatic heterocycles. The molecule has 22 heavy (non-hydrogen) atoms. The highest BCUT2D eigenvalue weighted by Crippen LogP contribution is 2.24. The fraction of sp³-hybridized carbons (Fsp3) is 0.938. The summed E-state index contributed by atoms with van der Waals surface area (Å²) in [6, 6.07) is 0.0944. The number of ether oxygens (including phenoxy) is 1. The highest BCUT2D eigenvalue weighted by atomic mass is 32.2. The van der Waals surface area contributed by atoms with Crippen molar-refractivity contribution in [1.82, 2.24) is 10.2 Å². The molecule has 1 saturated heterocycles. The lowest BCUT2D eigenvalue weighted by atomic mass is 9.95. The van der Waals surface area contributed by atoms with Gasteiger partial charge in [0.05, 0.1) is 11.9 Å².